The molecule has 0 heterocycles. The van der Waals surface area contributed by atoms with Crippen molar-refractivity contribution in [3.63, 3.8) is 0 Å². The van der Waals surface area contributed by atoms with Gasteiger partial charge in [-0.05, 0) is 29.8 Å². The molecule has 0 atom stereocenters. The molecule has 0 fully saturated rings. The van der Waals surface area contributed by atoms with Gasteiger partial charge < -0.3 is 9.47 Å². The van der Waals surface area contributed by atoms with Crippen LogP contribution in [-0.2, 0) is 31.0 Å². The van der Waals surface area contributed by atoms with Crippen LogP contribution in [0, 0.1) is 0 Å². The van der Waals surface area contributed by atoms with Crippen molar-refractivity contribution in [2.45, 2.75) is 16.4 Å². The zero-order chi connectivity index (χ0) is 17.8. The lowest BCUT2D eigenvalue weighted by Gasteiger charge is -2.10. The van der Waals surface area contributed by atoms with Crippen LogP contribution in [0.15, 0.2) is 58.3 Å². The minimum Gasteiger partial charge on any atom is -0.497 e. The van der Waals surface area contributed by atoms with Gasteiger partial charge in [-0.3, -0.25) is 0 Å². The van der Waals surface area contributed by atoms with E-state index in [0.29, 0.717) is 5.75 Å². The number of hydrogen-bond acceptors (Lipinski definition) is 6. The largest absolute Gasteiger partial charge is 0.497 e. The third-order valence-electron chi connectivity index (χ3n) is 3.25. The second-order valence-corrected chi connectivity index (χ2v) is 9.04. The van der Waals surface area contributed by atoms with Crippen molar-refractivity contribution in [1.82, 2.24) is 0 Å². The van der Waals surface area contributed by atoms with Crippen LogP contribution < -0.4 is 4.74 Å². The molecule has 0 radical (unpaired) electrons. The van der Waals surface area contributed by atoms with Crippen molar-refractivity contribution in [2.75, 3.05) is 19.3 Å². The van der Waals surface area contributed by atoms with Gasteiger partial charge in [-0.25, -0.2) is 16.8 Å². The van der Waals surface area contributed by atoms with Crippen molar-refractivity contribution < 1.29 is 26.3 Å². The lowest BCUT2D eigenvalue weighted by molar-refractivity contribution is 0.163. The Morgan fingerprint density at radius 2 is 1.46 bits per heavy atom. The maximum absolute atomic E-state index is 12.4. The Bertz CT molecular complexity index is 900. The number of rotatable bonds is 7. The highest BCUT2D eigenvalue weighted by Crippen LogP contribution is 2.22. The van der Waals surface area contributed by atoms with E-state index in [1.165, 1.54) is 24.3 Å². The fraction of sp³-hybridized carbons (Fsp3) is 0.250. The summed E-state index contributed by atoms with van der Waals surface area (Å²) in [5, 5.41) is 0. The van der Waals surface area contributed by atoms with Crippen molar-refractivity contribution in [3.05, 3.63) is 54.1 Å². The van der Waals surface area contributed by atoms with Gasteiger partial charge in [0, 0.05) is 6.26 Å². The summed E-state index contributed by atoms with van der Waals surface area (Å²) in [5.74, 6) is 0.0828. The molecule has 2 aromatic carbocycles. The molecule has 6 nitrogen and oxygen atoms in total. The molecule has 0 amide bonds. The summed E-state index contributed by atoms with van der Waals surface area (Å²) in [7, 11) is -5.98. The van der Waals surface area contributed by atoms with Gasteiger partial charge in [-0.2, -0.15) is 0 Å². The number of hydrogen-bond donors (Lipinski definition) is 0. The van der Waals surface area contributed by atoms with Gasteiger partial charge in [0.15, 0.2) is 15.8 Å². The van der Waals surface area contributed by atoms with Crippen LogP contribution >= 0.6 is 0 Å². The van der Waals surface area contributed by atoms with Gasteiger partial charge >= 0.3 is 0 Å². The Morgan fingerprint density at radius 3 is 2.00 bits per heavy atom. The number of sulfone groups is 2. The molecule has 0 aromatic heterocycles. The standard InChI is InChI=1S/C16H18O6S2/c1-21-14-9-7-13(8-10-14)11-22-12-24(19,20)16-6-4-3-5-15(16)23(2,17)18/h3-10H,11-12H2,1-2H3. The lowest BCUT2D eigenvalue weighted by atomic mass is 10.2. The second-order valence-electron chi connectivity index (χ2n) is 5.15. The van der Waals surface area contributed by atoms with E-state index in [1.807, 2.05) is 0 Å². The third kappa shape index (κ3) is 4.56. The molecular formula is C16H18O6S2. The summed E-state index contributed by atoms with van der Waals surface area (Å²) < 4.78 is 58.5. The van der Waals surface area contributed by atoms with Crippen LogP contribution in [0.25, 0.3) is 0 Å². The summed E-state index contributed by atoms with van der Waals surface area (Å²) >= 11 is 0. The molecule has 8 heteroatoms. The SMILES string of the molecule is COc1ccc(COCS(=O)(=O)c2ccccc2S(C)(=O)=O)cc1. The average molecular weight is 370 g/mol. The first-order chi connectivity index (χ1) is 11.2. The van der Waals surface area contributed by atoms with Gasteiger partial charge in [0.2, 0.25) is 9.84 Å². The van der Waals surface area contributed by atoms with Crippen molar-refractivity contribution >= 4 is 19.7 Å². The Labute approximate surface area is 141 Å². The molecule has 2 rings (SSSR count). The highest BCUT2D eigenvalue weighted by atomic mass is 32.2. The van der Waals surface area contributed by atoms with E-state index in [-0.39, 0.29) is 16.4 Å². The molecule has 0 N–H and O–H groups in total. The van der Waals surface area contributed by atoms with E-state index in [4.69, 9.17) is 9.47 Å². The van der Waals surface area contributed by atoms with Crippen LogP contribution in [0.4, 0.5) is 0 Å². The fourth-order valence-corrected chi connectivity index (χ4v) is 4.75. The molecule has 0 unspecified atom stereocenters. The quantitative estimate of drug-likeness (QED) is 0.741. The Morgan fingerprint density at radius 1 is 0.875 bits per heavy atom. The van der Waals surface area contributed by atoms with E-state index < -0.39 is 25.6 Å². The average Bonchev–Trinajstić information content (AvgIpc) is 2.54. The normalized spacial score (nSPS) is 12.1. The lowest BCUT2D eigenvalue weighted by Crippen LogP contribution is -2.14. The molecule has 0 spiro atoms. The monoisotopic (exact) mass is 370 g/mol. The summed E-state index contributed by atoms with van der Waals surface area (Å²) in [6, 6.07) is 12.5. The van der Waals surface area contributed by atoms with Gasteiger partial charge in [0.1, 0.15) is 5.75 Å². The van der Waals surface area contributed by atoms with Gasteiger partial charge in [-0.1, -0.05) is 24.3 Å². The Hall–Kier alpha value is -1.90. The third-order valence-corrected chi connectivity index (χ3v) is 6.04. The number of ether oxygens (including phenoxy) is 2. The molecule has 24 heavy (non-hydrogen) atoms. The number of benzene rings is 2. The fourth-order valence-electron chi connectivity index (χ4n) is 2.07. The molecule has 130 valence electrons. The topological polar surface area (TPSA) is 86.7 Å². The zero-order valence-corrected chi connectivity index (χ0v) is 14.9. The Kier molecular flexibility index (Phi) is 5.63. The molecule has 0 aliphatic rings. The number of methoxy groups -OCH3 is 1. The first kappa shape index (κ1) is 18.4. The van der Waals surface area contributed by atoms with Gasteiger partial charge in [0.25, 0.3) is 0 Å². The molecule has 0 aliphatic heterocycles. The molecular weight excluding hydrogens is 352 g/mol. The van der Waals surface area contributed by atoms with Gasteiger partial charge in [0.05, 0.1) is 23.5 Å². The molecule has 0 saturated carbocycles. The van der Waals surface area contributed by atoms with Crippen LogP contribution in [0.3, 0.4) is 0 Å². The summed E-state index contributed by atoms with van der Waals surface area (Å²) in [6.07, 6.45) is 0.972. The van der Waals surface area contributed by atoms with E-state index >= 15 is 0 Å². The van der Waals surface area contributed by atoms with Crippen LogP contribution in [0.5, 0.6) is 5.75 Å². The predicted octanol–water partition coefficient (Wildman–Crippen LogP) is 2.05. The molecule has 0 saturated heterocycles. The van der Waals surface area contributed by atoms with Crippen molar-refractivity contribution in [2.24, 2.45) is 0 Å². The Balaban J connectivity index is 2.12. The minimum absolute atomic E-state index is 0.0876. The maximum Gasteiger partial charge on any atom is 0.203 e. The van der Waals surface area contributed by atoms with E-state index in [2.05, 4.69) is 0 Å². The van der Waals surface area contributed by atoms with Crippen LogP contribution in [-0.4, -0.2) is 36.1 Å². The summed E-state index contributed by atoms with van der Waals surface area (Å²) in [4.78, 5) is -0.472. The molecule has 2 aromatic rings. The minimum atomic E-state index is -3.88. The highest BCUT2D eigenvalue weighted by molar-refractivity contribution is 7.94. The maximum atomic E-state index is 12.4. The van der Waals surface area contributed by atoms with E-state index in [1.54, 1.807) is 31.4 Å². The van der Waals surface area contributed by atoms with Crippen molar-refractivity contribution in [1.29, 1.82) is 0 Å². The van der Waals surface area contributed by atoms with E-state index in [0.717, 1.165) is 11.8 Å². The molecule has 0 aliphatic carbocycles. The molecule has 0 bridgehead atoms. The first-order valence-corrected chi connectivity index (χ1v) is 10.5. The summed E-state index contributed by atoms with van der Waals surface area (Å²) in [6.45, 7) is 0.0876. The summed E-state index contributed by atoms with van der Waals surface area (Å²) in [5.41, 5.74) is 0.780. The van der Waals surface area contributed by atoms with Gasteiger partial charge in [-0.15, -0.1) is 0 Å². The first-order valence-electron chi connectivity index (χ1n) is 6.96. The van der Waals surface area contributed by atoms with Crippen LogP contribution in [0.1, 0.15) is 5.56 Å². The van der Waals surface area contributed by atoms with E-state index in [9.17, 15) is 16.8 Å². The van der Waals surface area contributed by atoms with Crippen molar-refractivity contribution in [3.8, 4) is 5.75 Å². The highest BCUT2D eigenvalue weighted by Gasteiger charge is 2.23. The predicted molar refractivity (Wildman–Crippen MR) is 89.4 cm³/mol. The van der Waals surface area contributed by atoms with Crippen LogP contribution in [0.2, 0.25) is 0 Å². The zero-order valence-electron chi connectivity index (χ0n) is 13.3. The smallest absolute Gasteiger partial charge is 0.203 e. The second kappa shape index (κ2) is 7.33.